The van der Waals surface area contributed by atoms with Gasteiger partial charge >= 0.3 is 5.97 Å². The highest BCUT2D eigenvalue weighted by molar-refractivity contribution is 7.99. The number of thioether (sulfide) groups is 1. The minimum Gasteiger partial charge on any atom is -0.477 e. The molecular weight excluding hydrogens is 222 g/mol. The van der Waals surface area contributed by atoms with Gasteiger partial charge in [0.1, 0.15) is 5.69 Å². The molecular formula is C12H17NO2S. The van der Waals surface area contributed by atoms with E-state index in [9.17, 15) is 4.79 Å². The molecule has 0 aliphatic carbocycles. The number of carboxylic acids is 1. The van der Waals surface area contributed by atoms with Gasteiger partial charge in [0.25, 0.3) is 0 Å². The second-order valence-electron chi connectivity index (χ2n) is 3.59. The maximum absolute atomic E-state index is 10.7. The maximum Gasteiger partial charge on any atom is 0.354 e. The summed E-state index contributed by atoms with van der Waals surface area (Å²) in [6.07, 6.45) is 6.50. The Kier molecular flexibility index (Phi) is 5.93. The lowest BCUT2D eigenvalue weighted by molar-refractivity contribution is 0.0690. The van der Waals surface area contributed by atoms with Crippen LogP contribution in [0.3, 0.4) is 0 Å². The number of carbonyl (C=O) groups is 1. The van der Waals surface area contributed by atoms with Gasteiger partial charge < -0.3 is 5.11 Å². The van der Waals surface area contributed by atoms with Crippen LogP contribution in [-0.4, -0.2) is 21.8 Å². The normalized spacial score (nSPS) is 10.3. The van der Waals surface area contributed by atoms with Gasteiger partial charge in [-0.25, -0.2) is 9.78 Å². The molecule has 0 amide bonds. The minimum atomic E-state index is -0.964. The summed E-state index contributed by atoms with van der Waals surface area (Å²) in [5.41, 5.74) is 0.124. The topological polar surface area (TPSA) is 50.2 Å². The highest BCUT2D eigenvalue weighted by Gasteiger charge is 2.04. The summed E-state index contributed by atoms with van der Waals surface area (Å²) < 4.78 is 0. The molecule has 1 aromatic heterocycles. The third kappa shape index (κ3) is 4.66. The van der Waals surface area contributed by atoms with Crippen LogP contribution < -0.4 is 0 Å². The van der Waals surface area contributed by atoms with E-state index in [4.69, 9.17) is 5.11 Å². The van der Waals surface area contributed by atoms with Crippen LogP contribution in [0.2, 0.25) is 0 Å². The molecule has 88 valence electrons. The fourth-order valence-electron chi connectivity index (χ4n) is 1.34. The van der Waals surface area contributed by atoms with Crippen LogP contribution in [-0.2, 0) is 0 Å². The summed E-state index contributed by atoms with van der Waals surface area (Å²) in [6, 6.07) is 3.49. The quantitative estimate of drug-likeness (QED) is 0.585. The average Bonchev–Trinajstić information content (AvgIpc) is 2.29. The molecule has 0 bridgehead atoms. The Hall–Kier alpha value is -1.03. The molecule has 0 saturated heterocycles. The van der Waals surface area contributed by atoms with Gasteiger partial charge in [-0.1, -0.05) is 26.2 Å². The third-order valence-electron chi connectivity index (χ3n) is 2.22. The van der Waals surface area contributed by atoms with E-state index in [-0.39, 0.29) is 5.69 Å². The Bertz CT molecular complexity index is 342. The van der Waals surface area contributed by atoms with Crippen molar-refractivity contribution in [3.63, 3.8) is 0 Å². The van der Waals surface area contributed by atoms with E-state index in [2.05, 4.69) is 11.9 Å². The predicted molar refractivity (Wildman–Crippen MR) is 66.1 cm³/mol. The van der Waals surface area contributed by atoms with Crippen molar-refractivity contribution in [3.8, 4) is 0 Å². The summed E-state index contributed by atoms with van der Waals surface area (Å²) in [5, 5.41) is 8.78. The van der Waals surface area contributed by atoms with E-state index in [1.807, 2.05) is 6.07 Å². The lowest BCUT2D eigenvalue weighted by atomic mass is 10.2. The lowest BCUT2D eigenvalue weighted by Gasteiger charge is -2.02. The number of rotatable bonds is 7. The average molecular weight is 239 g/mol. The zero-order valence-corrected chi connectivity index (χ0v) is 10.3. The van der Waals surface area contributed by atoms with Crippen LogP contribution in [0.15, 0.2) is 23.2 Å². The predicted octanol–water partition coefficient (Wildman–Crippen LogP) is 3.45. The Morgan fingerprint density at radius 3 is 2.94 bits per heavy atom. The summed E-state index contributed by atoms with van der Waals surface area (Å²) in [7, 11) is 0. The molecule has 0 aliphatic rings. The van der Waals surface area contributed by atoms with E-state index in [0.29, 0.717) is 0 Å². The molecule has 1 rings (SSSR count). The molecule has 1 N–H and O–H groups in total. The van der Waals surface area contributed by atoms with Crippen molar-refractivity contribution in [2.45, 2.75) is 37.5 Å². The summed E-state index contributed by atoms with van der Waals surface area (Å²) >= 11 is 1.70. The third-order valence-corrected chi connectivity index (χ3v) is 3.30. The zero-order chi connectivity index (χ0) is 11.8. The molecule has 0 fully saturated rings. The molecule has 0 atom stereocenters. The molecule has 16 heavy (non-hydrogen) atoms. The van der Waals surface area contributed by atoms with E-state index in [0.717, 1.165) is 10.6 Å². The van der Waals surface area contributed by atoms with E-state index in [1.165, 1.54) is 25.7 Å². The van der Waals surface area contributed by atoms with Gasteiger partial charge in [0, 0.05) is 11.1 Å². The van der Waals surface area contributed by atoms with Gasteiger partial charge in [0.2, 0.25) is 0 Å². The Labute approximate surface area is 100 Å². The van der Waals surface area contributed by atoms with Gasteiger partial charge in [-0.2, -0.15) is 0 Å². The Morgan fingerprint density at radius 2 is 2.25 bits per heavy atom. The number of aromatic carboxylic acids is 1. The molecule has 1 aromatic rings. The summed E-state index contributed by atoms with van der Waals surface area (Å²) in [5.74, 6) is 0.0803. The Balaban J connectivity index is 2.36. The van der Waals surface area contributed by atoms with Gasteiger partial charge in [0.05, 0.1) is 0 Å². The van der Waals surface area contributed by atoms with Gasteiger partial charge in [0.15, 0.2) is 0 Å². The molecule has 0 radical (unpaired) electrons. The van der Waals surface area contributed by atoms with Crippen molar-refractivity contribution < 1.29 is 9.90 Å². The first-order valence-electron chi connectivity index (χ1n) is 5.56. The van der Waals surface area contributed by atoms with Crippen LogP contribution in [0, 0.1) is 0 Å². The van der Waals surface area contributed by atoms with Crippen molar-refractivity contribution in [2.24, 2.45) is 0 Å². The number of pyridine rings is 1. The second-order valence-corrected chi connectivity index (χ2v) is 4.76. The molecule has 0 aromatic carbocycles. The monoisotopic (exact) mass is 239 g/mol. The van der Waals surface area contributed by atoms with Crippen molar-refractivity contribution in [1.29, 1.82) is 0 Å². The molecule has 4 heteroatoms. The fraction of sp³-hybridized carbons (Fsp3) is 0.500. The number of unbranched alkanes of at least 4 members (excludes halogenated alkanes) is 3. The van der Waals surface area contributed by atoms with Gasteiger partial charge in [-0.3, -0.25) is 0 Å². The first kappa shape index (κ1) is 13.0. The number of hydrogen-bond donors (Lipinski definition) is 1. The number of nitrogens with zero attached hydrogens (tertiary/aromatic N) is 1. The van der Waals surface area contributed by atoms with Crippen molar-refractivity contribution >= 4 is 17.7 Å². The first-order valence-corrected chi connectivity index (χ1v) is 6.54. The van der Waals surface area contributed by atoms with E-state index >= 15 is 0 Å². The second kappa shape index (κ2) is 7.28. The van der Waals surface area contributed by atoms with Crippen molar-refractivity contribution in [2.75, 3.05) is 5.75 Å². The number of aromatic nitrogens is 1. The number of hydrogen-bond acceptors (Lipinski definition) is 3. The fourth-order valence-corrected chi connectivity index (χ4v) is 2.27. The van der Waals surface area contributed by atoms with Crippen molar-refractivity contribution in [1.82, 2.24) is 4.98 Å². The minimum absolute atomic E-state index is 0.124. The van der Waals surface area contributed by atoms with E-state index in [1.54, 1.807) is 24.0 Å². The van der Waals surface area contributed by atoms with Crippen LogP contribution in [0.1, 0.15) is 43.1 Å². The molecule has 0 saturated carbocycles. The highest BCUT2D eigenvalue weighted by Crippen LogP contribution is 2.19. The van der Waals surface area contributed by atoms with Crippen LogP contribution in [0.25, 0.3) is 0 Å². The molecule has 1 heterocycles. The summed E-state index contributed by atoms with van der Waals surface area (Å²) in [6.45, 7) is 2.19. The van der Waals surface area contributed by atoms with Gasteiger partial charge in [-0.15, -0.1) is 11.8 Å². The van der Waals surface area contributed by atoms with Crippen LogP contribution in [0.5, 0.6) is 0 Å². The van der Waals surface area contributed by atoms with Gasteiger partial charge in [-0.05, 0) is 24.3 Å². The largest absolute Gasteiger partial charge is 0.477 e. The molecule has 0 unspecified atom stereocenters. The maximum atomic E-state index is 10.7. The zero-order valence-electron chi connectivity index (χ0n) is 9.48. The lowest BCUT2D eigenvalue weighted by Crippen LogP contribution is -1.99. The van der Waals surface area contributed by atoms with Crippen molar-refractivity contribution in [3.05, 3.63) is 24.0 Å². The summed E-state index contributed by atoms with van der Waals surface area (Å²) in [4.78, 5) is 15.5. The van der Waals surface area contributed by atoms with Crippen LogP contribution >= 0.6 is 11.8 Å². The smallest absolute Gasteiger partial charge is 0.354 e. The standard InChI is InChI=1S/C12H17NO2S/c1-2-3-4-5-8-16-10-6-7-13-11(9-10)12(14)15/h6-7,9H,2-5,8H2,1H3,(H,14,15). The molecule has 0 aliphatic heterocycles. The molecule has 0 spiro atoms. The highest BCUT2D eigenvalue weighted by atomic mass is 32.2. The Morgan fingerprint density at radius 1 is 1.44 bits per heavy atom. The number of carboxylic acid groups (broad SMARTS) is 1. The van der Waals surface area contributed by atoms with E-state index < -0.39 is 5.97 Å². The first-order chi connectivity index (χ1) is 7.74. The molecule has 3 nitrogen and oxygen atoms in total. The SMILES string of the molecule is CCCCCCSc1ccnc(C(=O)O)c1. The van der Waals surface area contributed by atoms with Crippen LogP contribution in [0.4, 0.5) is 0 Å².